The van der Waals surface area contributed by atoms with E-state index < -0.39 is 5.91 Å². The summed E-state index contributed by atoms with van der Waals surface area (Å²) in [6.07, 6.45) is 1.75. The summed E-state index contributed by atoms with van der Waals surface area (Å²) in [5, 5.41) is 14.6. The fourth-order valence-electron chi connectivity index (χ4n) is 1.74. The van der Waals surface area contributed by atoms with Gasteiger partial charge in [0, 0.05) is 17.7 Å². The van der Waals surface area contributed by atoms with E-state index in [9.17, 15) is 4.79 Å². The molecule has 0 saturated carbocycles. The van der Waals surface area contributed by atoms with Crippen LogP contribution in [0.1, 0.15) is 10.4 Å². The number of aromatic nitrogens is 4. The predicted molar refractivity (Wildman–Crippen MR) is 83.6 cm³/mol. The van der Waals surface area contributed by atoms with Crippen molar-refractivity contribution in [2.24, 2.45) is 7.05 Å². The Morgan fingerprint density at radius 1 is 1.36 bits per heavy atom. The van der Waals surface area contributed by atoms with Gasteiger partial charge in [0.15, 0.2) is 0 Å². The van der Waals surface area contributed by atoms with E-state index >= 15 is 0 Å². The minimum atomic E-state index is -0.442. The summed E-state index contributed by atoms with van der Waals surface area (Å²) in [4.78, 5) is 12.2. The van der Waals surface area contributed by atoms with Gasteiger partial charge in [0.25, 0.3) is 11.8 Å². The number of carbonyl (C=O) groups is 1. The van der Waals surface area contributed by atoms with Gasteiger partial charge in [-0.3, -0.25) is 14.8 Å². The smallest absolute Gasteiger partial charge is 0.322 e. The van der Waals surface area contributed by atoms with Gasteiger partial charge in [-0.2, -0.15) is 5.10 Å². The first kappa shape index (κ1) is 14.7. The van der Waals surface area contributed by atoms with Crippen molar-refractivity contribution in [2.45, 2.75) is 0 Å². The zero-order valence-electron chi connectivity index (χ0n) is 11.2. The van der Waals surface area contributed by atoms with Crippen molar-refractivity contribution in [2.75, 3.05) is 5.32 Å². The van der Waals surface area contributed by atoms with E-state index in [4.69, 9.17) is 16.0 Å². The Bertz CT molecular complexity index is 845. The molecule has 3 rings (SSSR count). The minimum Gasteiger partial charge on any atom is -0.401 e. The lowest BCUT2D eigenvalue weighted by atomic mass is 10.2. The van der Waals surface area contributed by atoms with Crippen LogP contribution in [0.5, 0.6) is 0 Å². The first-order valence-electron chi connectivity index (χ1n) is 6.13. The molecule has 3 aromatic rings. The maximum Gasteiger partial charge on any atom is 0.322 e. The van der Waals surface area contributed by atoms with E-state index in [1.54, 1.807) is 42.2 Å². The average Bonchev–Trinajstić information content (AvgIpc) is 3.10. The molecule has 0 radical (unpaired) electrons. The quantitative estimate of drug-likeness (QED) is 0.752. The van der Waals surface area contributed by atoms with Gasteiger partial charge < -0.3 is 4.42 Å². The number of rotatable bonds is 3. The second-order valence-corrected chi connectivity index (χ2v) is 5.69. The molecule has 112 valence electrons. The highest BCUT2D eigenvalue weighted by atomic mass is 79.9. The third-order valence-corrected chi connectivity index (χ3v) is 3.57. The van der Waals surface area contributed by atoms with Crippen molar-refractivity contribution in [3.8, 4) is 11.6 Å². The first-order valence-corrected chi connectivity index (χ1v) is 7.30. The number of nitrogens with one attached hydrogen (secondary N) is 1. The van der Waals surface area contributed by atoms with Crippen molar-refractivity contribution in [3.63, 3.8) is 0 Å². The Morgan fingerprint density at radius 2 is 2.18 bits per heavy atom. The van der Waals surface area contributed by atoms with Crippen LogP contribution < -0.4 is 5.32 Å². The van der Waals surface area contributed by atoms with Crippen molar-refractivity contribution in [3.05, 3.63) is 45.5 Å². The van der Waals surface area contributed by atoms with Crippen molar-refractivity contribution in [1.29, 1.82) is 0 Å². The highest BCUT2D eigenvalue weighted by molar-refractivity contribution is 9.10. The normalized spacial score (nSPS) is 10.7. The van der Waals surface area contributed by atoms with Gasteiger partial charge in [-0.1, -0.05) is 32.6 Å². The number of amides is 1. The van der Waals surface area contributed by atoms with Crippen LogP contribution in [0.25, 0.3) is 11.6 Å². The molecule has 0 spiro atoms. The number of aryl methyl sites for hydroxylation is 1. The summed E-state index contributed by atoms with van der Waals surface area (Å²) in [7, 11) is 1.78. The van der Waals surface area contributed by atoms with Gasteiger partial charge in [-0.25, -0.2) is 0 Å². The first-order chi connectivity index (χ1) is 10.5. The van der Waals surface area contributed by atoms with Crippen LogP contribution in [0.2, 0.25) is 5.02 Å². The molecule has 0 saturated heterocycles. The summed E-state index contributed by atoms with van der Waals surface area (Å²) in [6.45, 7) is 0. The van der Waals surface area contributed by atoms with Crippen molar-refractivity contribution in [1.82, 2.24) is 20.0 Å². The van der Waals surface area contributed by atoms with Gasteiger partial charge in [-0.05, 0) is 24.3 Å². The van der Waals surface area contributed by atoms with Crippen LogP contribution in [0.15, 0.2) is 39.4 Å². The van der Waals surface area contributed by atoms with E-state index in [-0.39, 0.29) is 11.9 Å². The van der Waals surface area contributed by atoms with E-state index in [0.717, 1.165) is 4.47 Å². The van der Waals surface area contributed by atoms with Gasteiger partial charge in [0.1, 0.15) is 5.69 Å². The lowest BCUT2D eigenvalue weighted by molar-refractivity contribution is 0.102. The molecule has 0 aliphatic heterocycles. The molecule has 2 aromatic heterocycles. The molecule has 0 aliphatic carbocycles. The number of benzene rings is 1. The van der Waals surface area contributed by atoms with Crippen LogP contribution in [0.4, 0.5) is 6.01 Å². The minimum absolute atomic E-state index is 0.0262. The van der Waals surface area contributed by atoms with Crippen molar-refractivity contribution >= 4 is 39.5 Å². The van der Waals surface area contributed by atoms with E-state index in [0.29, 0.717) is 16.3 Å². The van der Waals surface area contributed by atoms with Crippen LogP contribution >= 0.6 is 27.5 Å². The predicted octanol–water partition coefficient (Wildman–Crippen LogP) is 3.14. The van der Waals surface area contributed by atoms with Crippen LogP contribution in [0, 0.1) is 0 Å². The Morgan fingerprint density at radius 3 is 2.91 bits per heavy atom. The van der Waals surface area contributed by atoms with E-state index in [1.807, 2.05) is 0 Å². The van der Waals surface area contributed by atoms with Gasteiger partial charge >= 0.3 is 6.01 Å². The molecule has 0 fully saturated rings. The molecular formula is C13H9BrClN5O2. The number of nitrogens with zero attached hydrogens (tertiary/aromatic N) is 4. The zero-order valence-corrected chi connectivity index (χ0v) is 13.6. The second kappa shape index (κ2) is 5.90. The number of anilines is 1. The largest absolute Gasteiger partial charge is 0.401 e. The zero-order chi connectivity index (χ0) is 15.7. The molecular weight excluding hydrogens is 374 g/mol. The third kappa shape index (κ3) is 3.02. The molecule has 2 heterocycles. The number of carbonyl (C=O) groups excluding carboxylic acids is 1. The summed E-state index contributed by atoms with van der Waals surface area (Å²) in [6, 6.07) is 6.66. The molecule has 0 unspecified atom stereocenters. The highest BCUT2D eigenvalue weighted by Gasteiger charge is 2.16. The van der Waals surface area contributed by atoms with E-state index in [1.165, 1.54) is 0 Å². The maximum absolute atomic E-state index is 12.2. The van der Waals surface area contributed by atoms with Gasteiger partial charge in [0.2, 0.25) is 0 Å². The molecule has 0 bridgehead atoms. The van der Waals surface area contributed by atoms with Gasteiger partial charge in [0.05, 0.1) is 10.6 Å². The Kier molecular flexibility index (Phi) is 3.95. The molecule has 0 atom stereocenters. The SMILES string of the molecule is Cn1ccc(-c2nnc(NC(=O)c3cc(Br)ccc3Cl)o2)n1. The summed E-state index contributed by atoms with van der Waals surface area (Å²) in [5.74, 6) is -0.223. The molecule has 22 heavy (non-hydrogen) atoms. The molecule has 0 aliphatic rings. The standard InChI is InChI=1S/C13H9BrClN5O2/c1-20-5-4-10(19-20)12-17-18-13(22-12)16-11(21)8-6-7(14)2-3-9(8)15/h2-6H,1H3,(H,16,18,21). The summed E-state index contributed by atoms with van der Waals surface area (Å²) in [5.41, 5.74) is 0.824. The van der Waals surface area contributed by atoms with Crippen molar-refractivity contribution < 1.29 is 9.21 Å². The van der Waals surface area contributed by atoms with Crippen LogP contribution in [-0.4, -0.2) is 25.9 Å². The Labute approximate surface area is 138 Å². The van der Waals surface area contributed by atoms with E-state index in [2.05, 4.69) is 36.5 Å². The topological polar surface area (TPSA) is 85.8 Å². The average molecular weight is 383 g/mol. The third-order valence-electron chi connectivity index (χ3n) is 2.75. The fraction of sp³-hybridized carbons (Fsp3) is 0.0769. The number of hydrogen-bond donors (Lipinski definition) is 1. The number of halogens is 2. The Hall–Kier alpha value is -2.19. The molecule has 7 nitrogen and oxygen atoms in total. The lowest BCUT2D eigenvalue weighted by Gasteiger charge is -2.03. The maximum atomic E-state index is 12.2. The van der Waals surface area contributed by atoms with Crippen LogP contribution in [0.3, 0.4) is 0 Å². The molecule has 1 aromatic carbocycles. The molecule has 1 amide bonds. The second-order valence-electron chi connectivity index (χ2n) is 4.37. The summed E-state index contributed by atoms with van der Waals surface area (Å²) < 4.78 is 7.71. The summed E-state index contributed by atoms with van der Waals surface area (Å²) >= 11 is 9.29. The highest BCUT2D eigenvalue weighted by Crippen LogP contribution is 2.23. The monoisotopic (exact) mass is 381 g/mol. The molecule has 1 N–H and O–H groups in total. The fourth-order valence-corrected chi connectivity index (χ4v) is 2.31. The lowest BCUT2D eigenvalue weighted by Crippen LogP contribution is -2.12. The number of hydrogen-bond acceptors (Lipinski definition) is 5. The van der Waals surface area contributed by atoms with Gasteiger partial charge in [-0.15, -0.1) is 5.10 Å². The molecule has 9 heteroatoms. The van der Waals surface area contributed by atoms with Crippen LogP contribution in [-0.2, 0) is 7.05 Å². The Balaban J connectivity index is 1.80.